The Morgan fingerprint density at radius 3 is 2.50 bits per heavy atom. The Bertz CT molecular complexity index is 471. The normalized spacial score (nSPS) is 10.5. The molecule has 0 spiro atoms. The number of halogens is 1. The van der Waals surface area contributed by atoms with Gasteiger partial charge in [0, 0.05) is 15.2 Å². The fourth-order valence-electron chi connectivity index (χ4n) is 1.63. The molecule has 0 aliphatic rings. The summed E-state index contributed by atoms with van der Waals surface area (Å²) < 4.78 is 0.998. The summed E-state index contributed by atoms with van der Waals surface area (Å²) >= 11 is 2.16. The van der Waals surface area contributed by atoms with Crippen LogP contribution in [0.2, 0.25) is 0 Å². The number of carboxylic acid groups (broad SMARTS) is 1. The summed E-state index contributed by atoms with van der Waals surface area (Å²) in [6, 6.07) is 5.31. The van der Waals surface area contributed by atoms with E-state index >= 15 is 0 Å². The summed E-state index contributed by atoms with van der Waals surface area (Å²) in [6.07, 6.45) is 0. The molecule has 0 bridgehead atoms. The molecule has 0 aliphatic heterocycles. The predicted octanol–water partition coefficient (Wildman–Crippen LogP) is 2.53. The van der Waals surface area contributed by atoms with Crippen LogP contribution >= 0.6 is 22.6 Å². The Kier molecular flexibility index (Phi) is 5.13. The Morgan fingerprint density at radius 2 is 2.00 bits per heavy atom. The quantitative estimate of drug-likeness (QED) is 0.839. The number of amides is 1. The van der Waals surface area contributed by atoms with Gasteiger partial charge in [-0.15, -0.1) is 0 Å². The standard InChI is InChI=1S/C13H16INO3/c1-8(2)15(7-12(16)17)13(18)10-5-4-6-11(14)9(10)3/h4-6,8H,7H2,1-3H3,(H,16,17). The van der Waals surface area contributed by atoms with E-state index in [9.17, 15) is 9.59 Å². The van der Waals surface area contributed by atoms with E-state index in [1.54, 1.807) is 12.1 Å². The number of carbonyl (C=O) groups is 2. The average Bonchev–Trinajstić information content (AvgIpc) is 2.28. The van der Waals surface area contributed by atoms with Crippen molar-refractivity contribution in [1.29, 1.82) is 0 Å². The van der Waals surface area contributed by atoms with Gasteiger partial charge in [0.25, 0.3) is 5.91 Å². The maximum atomic E-state index is 12.4. The molecule has 18 heavy (non-hydrogen) atoms. The van der Waals surface area contributed by atoms with Gasteiger partial charge in [-0.1, -0.05) is 6.07 Å². The second kappa shape index (κ2) is 6.17. The summed E-state index contributed by atoms with van der Waals surface area (Å²) in [5.74, 6) is -1.23. The van der Waals surface area contributed by atoms with E-state index < -0.39 is 5.97 Å². The highest BCUT2D eigenvalue weighted by atomic mass is 127. The summed E-state index contributed by atoms with van der Waals surface area (Å²) in [6.45, 7) is 5.21. The first-order valence-corrected chi connectivity index (χ1v) is 6.70. The number of carboxylic acids is 1. The van der Waals surface area contributed by atoms with Crippen LogP contribution in [-0.2, 0) is 4.79 Å². The number of hydrogen-bond acceptors (Lipinski definition) is 2. The van der Waals surface area contributed by atoms with Gasteiger partial charge in [0.2, 0.25) is 0 Å². The first-order chi connectivity index (χ1) is 8.34. The SMILES string of the molecule is Cc1c(I)cccc1C(=O)N(CC(=O)O)C(C)C. The fourth-order valence-corrected chi connectivity index (χ4v) is 2.13. The van der Waals surface area contributed by atoms with Crippen LogP contribution in [0.3, 0.4) is 0 Å². The van der Waals surface area contributed by atoms with E-state index in [-0.39, 0.29) is 18.5 Å². The maximum absolute atomic E-state index is 12.4. The van der Waals surface area contributed by atoms with E-state index in [4.69, 9.17) is 5.11 Å². The lowest BCUT2D eigenvalue weighted by molar-refractivity contribution is -0.138. The van der Waals surface area contributed by atoms with Gasteiger partial charge < -0.3 is 10.0 Å². The van der Waals surface area contributed by atoms with Crippen molar-refractivity contribution in [3.05, 3.63) is 32.9 Å². The third kappa shape index (κ3) is 3.44. The summed E-state index contributed by atoms with van der Waals surface area (Å²) in [4.78, 5) is 24.5. The van der Waals surface area contributed by atoms with Gasteiger partial charge in [0.15, 0.2) is 0 Å². The van der Waals surface area contributed by atoms with E-state index in [0.29, 0.717) is 5.56 Å². The van der Waals surface area contributed by atoms with Gasteiger partial charge in [-0.3, -0.25) is 9.59 Å². The minimum atomic E-state index is -1.000. The molecule has 1 rings (SSSR count). The topological polar surface area (TPSA) is 57.6 Å². The van der Waals surface area contributed by atoms with Crippen molar-refractivity contribution in [3.8, 4) is 0 Å². The molecule has 98 valence electrons. The molecule has 1 aromatic carbocycles. The molecule has 1 aromatic rings. The molecular formula is C13H16INO3. The van der Waals surface area contributed by atoms with Crippen molar-refractivity contribution in [1.82, 2.24) is 4.90 Å². The van der Waals surface area contributed by atoms with Crippen LogP contribution in [0.15, 0.2) is 18.2 Å². The average molecular weight is 361 g/mol. The Hall–Kier alpha value is -1.11. The van der Waals surface area contributed by atoms with Crippen molar-refractivity contribution in [2.24, 2.45) is 0 Å². The zero-order chi connectivity index (χ0) is 13.9. The Balaban J connectivity index is 3.10. The van der Waals surface area contributed by atoms with E-state index in [1.807, 2.05) is 26.8 Å². The van der Waals surface area contributed by atoms with Gasteiger partial charge in [-0.05, 0) is 61.1 Å². The lowest BCUT2D eigenvalue weighted by atomic mass is 10.1. The van der Waals surface area contributed by atoms with Gasteiger partial charge in [-0.2, -0.15) is 0 Å². The molecule has 1 amide bonds. The smallest absolute Gasteiger partial charge is 0.323 e. The lowest BCUT2D eigenvalue weighted by Gasteiger charge is -2.25. The third-order valence-electron chi connectivity index (χ3n) is 2.69. The molecule has 0 heterocycles. The summed E-state index contributed by atoms with van der Waals surface area (Å²) in [5, 5.41) is 8.86. The van der Waals surface area contributed by atoms with E-state index in [2.05, 4.69) is 22.6 Å². The van der Waals surface area contributed by atoms with Gasteiger partial charge >= 0.3 is 5.97 Å². The molecule has 0 radical (unpaired) electrons. The number of carbonyl (C=O) groups excluding carboxylic acids is 1. The highest BCUT2D eigenvalue weighted by molar-refractivity contribution is 14.1. The van der Waals surface area contributed by atoms with Crippen molar-refractivity contribution >= 4 is 34.5 Å². The molecule has 0 aliphatic carbocycles. The molecule has 1 N–H and O–H groups in total. The predicted molar refractivity (Wildman–Crippen MR) is 77.7 cm³/mol. The largest absolute Gasteiger partial charge is 0.480 e. The van der Waals surface area contributed by atoms with Crippen molar-refractivity contribution in [2.45, 2.75) is 26.8 Å². The molecule has 0 fully saturated rings. The van der Waals surface area contributed by atoms with Gasteiger partial charge in [-0.25, -0.2) is 0 Å². The van der Waals surface area contributed by atoms with Crippen LogP contribution in [0.4, 0.5) is 0 Å². The van der Waals surface area contributed by atoms with Crippen molar-refractivity contribution in [2.75, 3.05) is 6.54 Å². The molecule has 0 saturated heterocycles. The van der Waals surface area contributed by atoms with Gasteiger partial charge in [0.05, 0.1) is 0 Å². The molecular weight excluding hydrogens is 345 g/mol. The molecule has 5 heteroatoms. The van der Waals surface area contributed by atoms with E-state index in [0.717, 1.165) is 9.13 Å². The van der Waals surface area contributed by atoms with Crippen LogP contribution in [0.25, 0.3) is 0 Å². The van der Waals surface area contributed by atoms with Crippen LogP contribution in [0, 0.1) is 10.5 Å². The molecule has 4 nitrogen and oxygen atoms in total. The summed E-state index contributed by atoms with van der Waals surface area (Å²) in [5.41, 5.74) is 1.45. The van der Waals surface area contributed by atoms with Crippen molar-refractivity contribution < 1.29 is 14.7 Å². The monoisotopic (exact) mass is 361 g/mol. The number of rotatable bonds is 4. The minimum absolute atomic E-state index is 0.147. The lowest BCUT2D eigenvalue weighted by Crippen LogP contribution is -2.41. The molecule has 0 unspecified atom stereocenters. The second-order valence-electron chi connectivity index (χ2n) is 4.33. The maximum Gasteiger partial charge on any atom is 0.323 e. The Morgan fingerprint density at radius 1 is 1.39 bits per heavy atom. The first-order valence-electron chi connectivity index (χ1n) is 5.62. The van der Waals surface area contributed by atoms with Crippen LogP contribution in [0.1, 0.15) is 29.8 Å². The van der Waals surface area contributed by atoms with Crippen LogP contribution in [0.5, 0.6) is 0 Å². The van der Waals surface area contributed by atoms with Crippen LogP contribution < -0.4 is 0 Å². The number of hydrogen-bond donors (Lipinski definition) is 1. The number of aliphatic carboxylic acids is 1. The Labute approximate surface area is 120 Å². The zero-order valence-electron chi connectivity index (χ0n) is 10.6. The molecule has 0 aromatic heterocycles. The molecule has 0 atom stereocenters. The van der Waals surface area contributed by atoms with Gasteiger partial charge in [0.1, 0.15) is 6.54 Å². The molecule has 0 saturated carbocycles. The van der Waals surface area contributed by atoms with Crippen LogP contribution in [-0.4, -0.2) is 34.5 Å². The number of nitrogens with zero attached hydrogens (tertiary/aromatic N) is 1. The minimum Gasteiger partial charge on any atom is -0.480 e. The first kappa shape index (κ1) is 14.9. The number of benzene rings is 1. The summed E-state index contributed by atoms with van der Waals surface area (Å²) in [7, 11) is 0. The highest BCUT2D eigenvalue weighted by Gasteiger charge is 2.22. The van der Waals surface area contributed by atoms with Crippen molar-refractivity contribution in [3.63, 3.8) is 0 Å². The third-order valence-corrected chi connectivity index (χ3v) is 3.86. The fraction of sp³-hybridized carbons (Fsp3) is 0.385. The van der Waals surface area contributed by atoms with E-state index in [1.165, 1.54) is 4.90 Å². The second-order valence-corrected chi connectivity index (χ2v) is 5.50. The highest BCUT2D eigenvalue weighted by Crippen LogP contribution is 2.18. The zero-order valence-corrected chi connectivity index (χ0v) is 12.8.